The molecule has 2 aromatic heterocycles. The van der Waals surface area contributed by atoms with Gasteiger partial charge in [-0.05, 0) is 44.0 Å². The normalized spacial score (nSPS) is 19.4. The lowest BCUT2D eigenvalue weighted by Crippen LogP contribution is -2.63. The molecule has 2 saturated heterocycles. The number of rotatable bonds is 3. The second-order valence-electron chi connectivity index (χ2n) is 8.01. The zero-order chi connectivity index (χ0) is 21.8. The number of hydrogen-bond acceptors (Lipinski definition) is 6. The highest BCUT2D eigenvalue weighted by molar-refractivity contribution is 5.96. The maximum atomic E-state index is 13.0. The molecule has 2 aliphatic heterocycles. The fraction of sp³-hybridized carbons (Fsp3) is 0.409. The lowest BCUT2D eigenvalue weighted by molar-refractivity contribution is -0.122. The highest BCUT2D eigenvalue weighted by Gasteiger charge is 2.37. The number of likely N-dealkylation sites (tertiary alicyclic amines) is 2. The minimum atomic E-state index is -0.250. The van der Waals surface area contributed by atoms with Gasteiger partial charge in [-0.25, -0.2) is 4.98 Å². The molecule has 1 unspecified atom stereocenters. The van der Waals surface area contributed by atoms with E-state index in [2.05, 4.69) is 27.0 Å². The standard InChI is InChI=1S/C21H24N6O.CH2O2/c1-15-5-2-3-8-27(15)19-12-25(13-19)20(28)17-7-4-6-16(9-17)18-10-22-21-24-23-14-26(21)11-18;2-1-3/h4,6-7,9-11,14-15,19H,2-3,5,8,12-13H2,1H3;1H,(H,2,3). The Morgan fingerprint density at radius 2 is 2.03 bits per heavy atom. The minimum absolute atomic E-state index is 0.112. The number of carbonyl (C=O) groups is 2. The Morgan fingerprint density at radius 1 is 1.23 bits per heavy atom. The van der Waals surface area contributed by atoms with Crippen LogP contribution in [0, 0.1) is 0 Å². The Kier molecular flexibility index (Phi) is 6.22. The first-order valence-electron chi connectivity index (χ1n) is 10.5. The van der Waals surface area contributed by atoms with Crippen molar-refractivity contribution in [3.8, 4) is 11.1 Å². The second-order valence-corrected chi connectivity index (χ2v) is 8.01. The van der Waals surface area contributed by atoms with E-state index in [4.69, 9.17) is 9.90 Å². The maximum absolute atomic E-state index is 13.0. The van der Waals surface area contributed by atoms with E-state index in [0.29, 0.717) is 17.9 Å². The van der Waals surface area contributed by atoms with Crippen LogP contribution in [0.15, 0.2) is 43.0 Å². The molecule has 1 N–H and O–H groups in total. The quantitative estimate of drug-likeness (QED) is 0.645. The van der Waals surface area contributed by atoms with Crippen LogP contribution in [-0.4, -0.2) is 78.6 Å². The molecule has 0 saturated carbocycles. The molecule has 0 spiro atoms. The van der Waals surface area contributed by atoms with Gasteiger partial charge >= 0.3 is 0 Å². The molecular weight excluding hydrogens is 396 g/mol. The summed E-state index contributed by atoms with van der Waals surface area (Å²) in [6.07, 6.45) is 9.21. The topological polar surface area (TPSA) is 104 Å². The third-order valence-corrected chi connectivity index (χ3v) is 6.07. The van der Waals surface area contributed by atoms with Gasteiger partial charge in [0.15, 0.2) is 0 Å². The molecule has 0 radical (unpaired) electrons. The van der Waals surface area contributed by atoms with E-state index in [-0.39, 0.29) is 12.4 Å². The Morgan fingerprint density at radius 3 is 2.81 bits per heavy atom. The monoisotopic (exact) mass is 422 g/mol. The molecule has 9 nitrogen and oxygen atoms in total. The molecule has 5 rings (SSSR count). The molecular formula is C22H26N6O3. The van der Waals surface area contributed by atoms with E-state index in [1.165, 1.54) is 25.8 Å². The summed E-state index contributed by atoms with van der Waals surface area (Å²) >= 11 is 0. The van der Waals surface area contributed by atoms with Gasteiger partial charge < -0.3 is 10.0 Å². The summed E-state index contributed by atoms with van der Waals surface area (Å²) in [6.45, 7) is 4.90. The van der Waals surface area contributed by atoms with Gasteiger partial charge in [0.05, 0.1) is 0 Å². The highest BCUT2D eigenvalue weighted by Crippen LogP contribution is 2.26. The number of nitrogens with zero attached hydrogens (tertiary/aromatic N) is 6. The first-order valence-corrected chi connectivity index (χ1v) is 10.5. The highest BCUT2D eigenvalue weighted by atomic mass is 16.3. The maximum Gasteiger partial charge on any atom is 0.290 e. The Balaban J connectivity index is 0.000000730. The summed E-state index contributed by atoms with van der Waals surface area (Å²) < 4.78 is 1.78. The lowest BCUT2D eigenvalue weighted by atomic mass is 9.96. The molecule has 4 heterocycles. The van der Waals surface area contributed by atoms with Gasteiger partial charge in [0.2, 0.25) is 0 Å². The van der Waals surface area contributed by atoms with Crippen LogP contribution in [0.4, 0.5) is 0 Å². The van der Waals surface area contributed by atoms with Crippen LogP contribution in [-0.2, 0) is 4.79 Å². The molecule has 1 aromatic carbocycles. The molecule has 2 aliphatic rings. The van der Waals surface area contributed by atoms with E-state index >= 15 is 0 Å². The average molecular weight is 422 g/mol. The molecule has 0 bridgehead atoms. The summed E-state index contributed by atoms with van der Waals surface area (Å²) in [5, 5.41) is 14.7. The third kappa shape index (κ3) is 4.41. The number of aromatic nitrogens is 4. The van der Waals surface area contributed by atoms with Crippen molar-refractivity contribution in [1.82, 2.24) is 29.4 Å². The SMILES string of the molecule is CC1CCCCN1C1CN(C(=O)c2cccc(-c3cnc4nncn4c3)c2)C1.O=CO. The Hall–Kier alpha value is -3.33. The van der Waals surface area contributed by atoms with Crippen LogP contribution < -0.4 is 0 Å². The van der Waals surface area contributed by atoms with E-state index in [1.54, 1.807) is 16.9 Å². The average Bonchev–Trinajstić information content (AvgIpc) is 3.22. The molecule has 31 heavy (non-hydrogen) atoms. The van der Waals surface area contributed by atoms with Crippen LogP contribution in [0.3, 0.4) is 0 Å². The fourth-order valence-corrected chi connectivity index (χ4v) is 4.39. The van der Waals surface area contributed by atoms with Gasteiger partial charge in [-0.2, -0.15) is 0 Å². The van der Waals surface area contributed by atoms with E-state index in [0.717, 1.165) is 29.8 Å². The van der Waals surface area contributed by atoms with Gasteiger partial charge in [-0.1, -0.05) is 18.6 Å². The number of carbonyl (C=O) groups excluding carboxylic acids is 1. The molecule has 0 aliphatic carbocycles. The van der Waals surface area contributed by atoms with Crippen molar-refractivity contribution in [3.63, 3.8) is 0 Å². The van der Waals surface area contributed by atoms with Gasteiger partial charge in [0.1, 0.15) is 6.33 Å². The third-order valence-electron chi connectivity index (χ3n) is 6.07. The number of carboxylic acid groups (broad SMARTS) is 1. The van der Waals surface area contributed by atoms with Crippen molar-refractivity contribution in [3.05, 3.63) is 48.5 Å². The van der Waals surface area contributed by atoms with Crippen LogP contribution in [0.2, 0.25) is 0 Å². The van der Waals surface area contributed by atoms with E-state index in [1.807, 2.05) is 35.4 Å². The van der Waals surface area contributed by atoms with E-state index in [9.17, 15) is 4.79 Å². The molecule has 1 atom stereocenters. The number of piperidine rings is 1. The second kappa shape index (κ2) is 9.22. The molecule has 1 amide bonds. The van der Waals surface area contributed by atoms with Crippen molar-refractivity contribution in [2.75, 3.05) is 19.6 Å². The summed E-state index contributed by atoms with van der Waals surface area (Å²) in [5.41, 5.74) is 2.63. The predicted molar refractivity (Wildman–Crippen MR) is 115 cm³/mol. The van der Waals surface area contributed by atoms with Gasteiger partial charge in [-0.3, -0.25) is 18.9 Å². The van der Waals surface area contributed by atoms with Crippen molar-refractivity contribution < 1.29 is 14.7 Å². The molecule has 9 heteroatoms. The summed E-state index contributed by atoms with van der Waals surface area (Å²) in [4.78, 5) is 30.2. The fourth-order valence-electron chi connectivity index (χ4n) is 4.39. The van der Waals surface area contributed by atoms with Crippen LogP contribution in [0.25, 0.3) is 16.9 Å². The lowest BCUT2D eigenvalue weighted by Gasteiger charge is -2.49. The number of amides is 1. The van der Waals surface area contributed by atoms with Crippen molar-refractivity contribution in [2.24, 2.45) is 0 Å². The number of fused-ring (bicyclic) bond motifs is 1. The summed E-state index contributed by atoms with van der Waals surface area (Å²) in [5.74, 6) is 0.677. The zero-order valence-corrected chi connectivity index (χ0v) is 17.5. The minimum Gasteiger partial charge on any atom is -0.483 e. The first-order chi connectivity index (χ1) is 15.1. The summed E-state index contributed by atoms with van der Waals surface area (Å²) in [6, 6.07) is 8.93. The van der Waals surface area contributed by atoms with Crippen LogP contribution in [0.1, 0.15) is 36.5 Å². The van der Waals surface area contributed by atoms with Crippen molar-refractivity contribution in [2.45, 2.75) is 38.3 Å². The van der Waals surface area contributed by atoms with Crippen LogP contribution in [0.5, 0.6) is 0 Å². The summed E-state index contributed by atoms with van der Waals surface area (Å²) in [7, 11) is 0. The smallest absolute Gasteiger partial charge is 0.290 e. The Bertz CT molecular complexity index is 1060. The first kappa shape index (κ1) is 20.9. The van der Waals surface area contributed by atoms with Crippen molar-refractivity contribution in [1.29, 1.82) is 0 Å². The number of benzene rings is 1. The molecule has 2 fully saturated rings. The van der Waals surface area contributed by atoms with Crippen molar-refractivity contribution >= 4 is 18.2 Å². The molecule has 162 valence electrons. The van der Waals surface area contributed by atoms with Crippen LogP contribution >= 0.6 is 0 Å². The molecule has 3 aromatic rings. The zero-order valence-electron chi connectivity index (χ0n) is 17.5. The van der Waals surface area contributed by atoms with Gasteiger partial charge in [0.25, 0.3) is 18.2 Å². The van der Waals surface area contributed by atoms with Gasteiger partial charge in [0, 0.05) is 48.7 Å². The Labute approximate surface area is 180 Å². The van der Waals surface area contributed by atoms with Gasteiger partial charge in [-0.15, -0.1) is 10.2 Å². The largest absolute Gasteiger partial charge is 0.483 e. The van der Waals surface area contributed by atoms with E-state index < -0.39 is 0 Å². The number of hydrogen-bond donors (Lipinski definition) is 1. The predicted octanol–water partition coefficient (Wildman–Crippen LogP) is 2.19.